The molecule has 5 rings (SSSR count). The van der Waals surface area contributed by atoms with Crippen LogP contribution < -0.4 is 10.1 Å². The van der Waals surface area contributed by atoms with Crippen LogP contribution in [0.3, 0.4) is 0 Å². The third-order valence-corrected chi connectivity index (χ3v) is 6.31. The van der Waals surface area contributed by atoms with Crippen molar-refractivity contribution in [2.24, 2.45) is 0 Å². The average Bonchev–Trinajstić information content (AvgIpc) is 3.28. The van der Waals surface area contributed by atoms with Crippen molar-refractivity contribution in [1.29, 1.82) is 0 Å². The van der Waals surface area contributed by atoms with Crippen LogP contribution in [0.25, 0.3) is 21.8 Å². The maximum Gasteiger partial charge on any atom is 0.233 e. The summed E-state index contributed by atoms with van der Waals surface area (Å²) in [5.41, 5.74) is 3.49. The van der Waals surface area contributed by atoms with Crippen molar-refractivity contribution in [3.05, 3.63) is 35.8 Å². The van der Waals surface area contributed by atoms with Crippen LogP contribution in [0.2, 0.25) is 0 Å². The molecule has 29 heavy (non-hydrogen) atoms. The van der Waals surface area contributed by atoms with Gasteiger partial charge in [0.25, 0.3) is 0 Å². The van der Waals surface area contributed by atoms with Gasteiger partial charge in [0.2, 0.25) is 5.88 Å². The molecule has 3 aromatic rings. The SMILES string of the molecule is Oc1cc(-c2nncs2)ccc1-c1ccc(O[C@@H]2CC3CCCC(N3)[C@@H]2F)nn1. The van der Waals surface area contributed by atoms with Gasteiger partial charge in [0.05, 0.1) is 5.69 Å². The van der Waals surface area contributed by atoms with Gasteiger partial charge in [-0.2, -0.15) is 0 Å². The average molecular weight is 413 g/mol. The minimum absolute atomic E-state index is 0.0793. The Bertz CT molecular complexity index is 985. The van der Waals surface area contributed by atoms with E-state index in [0.717, 1.165) is 29.8 Å². The highest BCUT2D eigenvalue weighted by atomic mass is 32.1. The lowest BCUT2D eigenvalue weighted by Crippen LogP contribution is -2.59. The van der Waals surface area contributed by atoms with Gasteiger partial charge >= 0.3 is 0 Å². The first-order chi connectivity index (χ1) is 14.2. The third kappa shape index (κ3) is 3.67. The van der Waals surface area contributed by atoms with Crippen LogP contribution in [0.15, 0.2) is 35.8 Å². The molecule has 2 N–H and O–H groups in total. The smallest absolute Gasteiger partial charge is 0.233 e. The molecular weight excluding hydrogens is 393 g/mol. The van der Waals surface area contributed by atoms with Crippen molar-refractivity contribution in [1.82, 2.24) is 25.7 Å². The molecule has 0 aliphatic carbocycles. The molecule has 7 nitrogen and oxygen atoms in total. The van der Waals surface area contributed by atoms with Crippen LogP contribution in [0.4, 0.5) is 4.39 Å². The first-order valence-electron chi connectivity index (χ1n) is 9.68. The first-order valence-corrected chi connectivity index (χ1v) is 10.6. The van der Waals surface area contributed by atoms with E-state index in [1.165, 1.54) is 11.3 Å². The van der Waals surface area contributed by atoms with Crippen molar-refractivity contribution in [2.75, 3.05) is 0 Å². The van der Waals surface area contributed by atoms with Gasteiger partial charge in [0, 0.05) is 35.7 Å². The number of phenolic OH excluding ortho intramolecular Hbond substituents is 1. The van der Waals surface area contributed by atoms with E-state index in [1.54, 1.807) is 29.8 Å². The number of hydrogen-bond donors (Lipinski definition) is 2. The predicted octanol–water partition coefficient (Wildman–Crippen LogP) is 3.37. The summed E-state index contributed by atoms with van der Waals surface area (Å²) in [5, 5.41) is 30.6. The number of benzene rings is 1. The van der Waals surface area contributed by atoms with Crippen molar-refractivity contribution in [2.45, 2.75) is 50.0 Å². The fraction of sp³-hybridized carbons (Fsp3) is 0.400. The zero-order valence-corrected chi connectivity index (χ0v) is 16.3. The Morgan fingerprint density at radius 3 is 2.83 bits per heavy atom. The van der Waals surface area contributed by atoms with Gasteiger partial charge in [-0.1, -0.05) is 23.8 Å². The summed E-state index contributed by atoms with van der Waals surface area (Å²) in [6.07, 6.45) is 2.03. The van der Waals surface area contributed by atoms with E-state index in [4.69, 9.17) is 4.74 Å². The topological polar surface area (TPSA) is 93.1 Å². The first kappa shape index (κ1) is 18.4. The number of aromatic nitrogens is 4. The molecule has 0 saturated carbocycles. The van der Waals surface area contributed by atoms with E-state index in [0.29, 0.717) is 29.6 Å². The highest BCUT2D eigenvalue weighted by Crippen LogP contribution is 2.34. The molecule has 150 valence electrons. The summed E-state index contributed by atoms with van der Waals surface area (Å²) < 4.78 is 20.5. The van der Waals surface area contributed by atoms with E-state index < -0.39 is 12.3 Å². The Kier molecular flexibility index (Phi) is 4.84. The minimum Gasteiger partial charge on any atom is -0.507 e. The molecule has 2 fully saturated rings. The van der Waals surface area contributed by atoms with Gasteiger partial charge in [-0.05, 0) is 31.0 Å². The Morgan fingerprint density at radius 1 is 1.14 bits per heavy atom. The van der Waals surface area contributed by atoms with Gasteiger partial charge in [-0.25, -0.2) is 4.39 Å². The molecule has 2 aliphatic heterocycles. The van der Waals surface area contributed by atoms with E-state index in [2.05, 4.69) is 25.7 Å². The van der Waals surface area contributed by atoms with Gasteiger partial charge in [-0.15, -0.1) is 20.4 Å². The van der Waals surface area contributed by atoms with Crippen LogP contribution in [0, 0.1) is 0 Å². The Morgan fingerprint density at radius 2 is 2.07 bits per heavy atom. The summed E-state index contributed by atoms with van der Waals surface area (Å²) in [4.78, 5) is 0. The van der Waals surface area contributed by atoms with Crippen LogP contribution in [0.5, 0.6) is 11.6 Å². The molecule has 2 saturated heterocycles. The highest BCUT2D eigenvalue weighted by molar-refractivity contribution is 7.12. The van der Waals surface area contributed by atoms with E-state index in [-0.39, 0.29) is 11.8 Å². The fourth-order valence-electron chi connectivity index (χ4n) is 4.14. The van der Waals surface area contributed by atoms with Gasteiger partial charge in [0.1, 0.15) is 22.4 Å². The molecule has 2 bridgehead atoms. The maximum absolute atomic E-state index is 14.7. The summed E-state index contributed by atoms with van der Waals surface area (Å²) in [5.74, 6) is 0.377. The number of phenols is 1. The molecule has 2 aromatic heterocycles. The Hall–Kier alpha value is -2.65. The Balaban J connectivity index is 1.31. The molecule has 9 heteroatoms. The lowest BCUT2D eigenvalue weighted by Gasteiger charge is -2.42. The number of piperidine rings is 2. The fourth-order valence-corrected chi connectivity index (χ4v) is 4.69. The number of fused-ring (bicyclic) bond motifs is 2. The van der Waals surface area contributed by atoms with Gasteiger partial charge < -0.3 is 15.2 Å². The number of nitrogens with one attached hydrogen (secondary N) is 1. The van der Waals surface area contributed by atoms with Crippen molar-refractivity contribution in [3.63, 3.8) is 0 Å². The molecule has 0 radical (unpaired) electrons. The molecule has 0 amide bonds. The van der Waals surface area contributed by atoms with Gasteiger partial charge in [0.15, 0.2) is 6.17 Å². The predicted molar refractivity (Wildman–Crippen MR) is 107 cm³/mol. The molecule has 4 atom stereocenters. The second kappa shape index (κ2) is 7.64. The quantitative estimate of drug-likeness (QED) is 0.677. The number of rotatable bonds is 4. The van der Waals surface area contributed by atoms with Crippen LogP contribution >= 0.6 is 11.3 Å². The second-order valence-corrected chi connectivity index (χ2v) is 8.30. The van der Waals surface area contributed by atoms with E-state index in [1.807, 2.05) is 6.07 Å². The number of alkyl halides is 1. The van der Waals surface area contributed by atoms with Crippen molar-refractivity contribution < 1.29 is 14.2 Å². The molecule has 1 aromatic carbocycles. The van der Waals surface area contributed by atoms with Crippen LogP contribution in [-0.2, 0) is 0 Å². The normalized spacial score (nSPS) is 26.2. The van der Waals surface area contributed by atoms with E-state index >= 15 is 0 Å². The molecule has 0 spiro atoms. The summed E-state index contributed by atoms with van der Waals surface area (Å²) in [7, 11) is 0. The maximum atomic E-state index is 14.7. The third-order valence-electron chi connectivity index (χ3n) is 5.57. The monoisotopic (exact) mass is 413 g/mol. The lowest BCUT2D eigenvalue weighted by atomic mass is 9.84. The lowest BCUT2D eigenvalue weighted by molar-refractivity contribution is 0.00652. The molecule has 2 unspecified atom stereocenters. The Labute approximate surface area is 171 Å². The zero-order chi connectivity index (χ0) is 19.8. The van der Waals surface area contributed by atoms with Crippen LogP contribution in [0.1, 0.15) is 25.7 Å². The second-order valence-electron chi connectivity index (χ2n) is 7.47. The molecule has 4 heterocycles. The van der Waals surface area contributed by atoms with Crippen molar-refractivity contribution in [3.8, 4) is 33.5 Å². The zero-order valence-electron chi connectivity index (χ0n) is 15.5. The van der Waals surface area contributed by atoms with Crippen molar-refractivity contribution >= 4 is 11.3 Å². The largest absolute Gasteiger partial charge is 0.507 e. The molecular formula is C20H20FN5O2S. The number of nitrogens with zero attached hydrogens (tertiary/aromatic N) is 4. The summed E-state index contributed by atoms with van der Waals surface area (Å²) in [6, 6.07) is 8.81. The summed E-state index contributed by atoms with van der Waals surface area (Å²) >= 11 is 1.40. The van der Waals surface area contributed by atoms with Gasteiger partial charge in [-0.3, -0.25) is 0 Å². The van der Waals surface area contributed by atoms with E-state index in [9.17, 15) is 9.50 Å². The standard InChI is InChI=1S/C20H20FN5O2S/c21-19-15-3-1-2-12(23-15)9-17(19)28-18-7-6-14(24-25-18)13-5-4-11(8-16(13)27)20-26-22-10-29-20/h4-8,10,12,15,17,19,23,27H,1-3,9H2/t12?,15?,17-,19+/m1/s1. The number of halogens is 1. The molecule has 2 aliphatic rings. The minimum atomic E-state index is -1.05. The number of aromatic hydroxyl groups is 1. The van der Waals surface area contributed by atoms with Crippen LogP contribution in [-0.4, -0.2) is 49.9 Å². The number of ether oxygens (including phenoxy) is 1. The summed E-state index contributed by atoms with van der Waals surface area (Å²) in [6.45, 7) is 0. The number of hydrogen-bond acceptors (Lipinski definition) is 8. The highest BCUT2D eigenvalue weighted by Gasteiger charge is 2.41.